The highest BCUT2D eigenvalue weighted by Crippen LogP contribution is 2.32. The number of hydrogen-bond donors (Lipinski definition) is 0. The van der Waals surface area contributed by atoms with Gasteiger partial charge in [-0.2, -0.15) is 0 Å². The molecule has 0 N–H and O–H groups in total. The highest BCUT2D eigenvalue weighted by Gasteiger charge is 2.30. The minimum absolute atomic E-state index is 0.0256. The van der Waals surface area contributed by atoms with Crippen molar-refractivity contribution in [3.8, 4) is 0 Å². The van der Waals surface area contributed by atoms with Crippen LogP contribution in [0.15, 0.2) is 51.3 Å². The molecule has 5 nitrogen and oxygen atoms in total. The van der Waals surface area contributed by atoms with Gasteiger partial charge in [0.05, 0.1) is 0 Å². The molecular formula is C23H22N2O3. The van der Waals surface area contributed by atoms with Crippen LogP contribution in [-0.4, -0.2) is 28.9 Å². The lowest BCUT2D eigenvalue weighted by Crippen LogP contribution is -2.38. The van der Waals surface area contributed by atoms with E-state index in [1.54, 1.807) is 0 Å². The predicted octanol–water partition coefficient (Wildman–Crippen LogP) is 5.21. The van der Waals surface area contributed by atoms with Crippen LogP contribution < -0.4 is 0 Å². The molecule has 1 saturated heterocycles. The van der Waals surface area contributed by atoms with Gasteiger partial charge in [-0.3, -0.25) is 4.79 Å². The van der Waals surface area contributed by atoms with Gasteiger partial charge < -0.3 is 13.7 Å². The molecule has 5 heteroatoms. The van der Waals surface area contributed by atoms with E-state index in [2.05, 4.69) is 11.1 Å². The summed E-state index contributed by atoms with van der Waals surface area (Å²) in [6.45, 7) is 5.36. The van der Waals surface area contributed by atoms with Crippen LogP contribution >= 0.6 is 0 Å². The molecule has 0 bridgehead atoms. The summed E-state index contributed by atoms with van der Waals surface area (Å²) < 4.78 is 11.8. The van der Waals surface area contributed by atoms with Crippen LogP contribution in [0.5, 0.6) is 0 Å². The molecule has 5 rings (SSSR count). The van der Waals surface area contributed by atoms with Gasteiger partial charge in [-0.15, -0.1) is 0 Å². The first-order valence-corrected chi connectivity index (χ1v) is 9.74. The Labute approximate surface area is 162 Å². The molecule has 0 radical (unpaired) electrons. The van der Waals surface area contributed by atoms with Gasteiger partial charge in [-0.25, -0.2) is 4.98 Å². The molecule has 2 aromatic carbocycles. The third kappa shape index (κ3) is 2.78. The van der Waals surface area contributed by atoms with Gasteiger partial charge in [0.15, 0.2) is 17.2 Å². The zero-order chi connectivity index (χ0) is 19.3. The number of likely N-dealkylation sites (tertiary alicyclic amines) is 1. The Bertz CT molecular complexity index is 1150. The van der Waals surface area contributed by atoms with Crippen molar-refractivity contribution in [2.75, 3.05) is 13.1 Å². The fraction of sp³-hybridized carbons (Fsp3) is 0.304. The molecule has 4 aromatic rings. The van der Waals surface area contributed by atoms with E-state index in [-0.39, 0.29) is 11.8 Å². The molecule has 1 aliphatic heterocycles. The quantitative estimate of drug-likeness (QED) is 0.483. The fourth-order valence-electron chi connectivity index (χ4n) is 4.08. The summed E-state index contributed by atoms with van der Waals surface area (Å²) in [5.41, 5.74) is 4.57. The zero-order valence-corrected chi connectivity index (χ0v) is 16.1. The Morgan fingerprint density at radius 3 is 2.61 bits per heavy atom. The first-order chi connectivity index (χ1) is 13.6. The number of oxazole rings is 1. The molecule has 0 saturated carbocycles. The molecule has 0 aliphatic carbocycles. The fourth-order valence-corrected chi connectivity index (χ4v) is 4.08. The maximum absolute atomic E-state index is 13.1. The summed E-state index contributed by atoms with van der Waals surface area (Å²) in [5.74, 6) is 1.46. The summed E-state index contributed by atoms with van der Waals surface area (Å²) in [6, 6.07) is 13.8. The van der Waals surface area contributed by atoms with E-state index in [4.69, 9.17) is 8.83 Å². The highest BCUT2D eigenvalue weighted by atomic mass is 16.4. The largest absolute Gasteiger partial charge is 0.451 e. The lowest BCUT2D eigenvalue weighted by atomic mass is 9.96. The number of benzene rings is 2. The van der Waals surface area contributed by atoms with E-state index in [1.807, 2.05) is 55.1 Å². The van der Waals surface area contributed by atoms with E-state index in [0.717, 1.165) is 51.9 Å². The maximum atomic E-state index is 13.1. The summed E-state index contributed by atoms with van der Waals surface area (Å²) in [7, 11) is 0. The Kier molecular flexibility index (Phi) is 3.97. The number of aryl methyl sites for hydroxylation is 2. The Hall–Kier alpha value is -3.08. The summed E-state index contributed by atoms with van der Waals surface area (Å²) in [4.78, 5) is 19.6. The zero-order valence-electron chi connectivity index (χ0n) is 16.1. The standard InChI is InChI=1S/C23H22N2O3/c1-14-7-8-19-17(13-14)15(2)21(27-19)23(26)25-11-9-16(10-12-25)22-24-18-5-3-4-6-20(18)28-22/h3-8,13,16H,9-12H2,1-2H3. The van der Waals surface area contributed by atoms with Crippen LogP contribution in [0, 0.1) is 13.8 Å². The second-order valence-corrected chi connectivity index (χ2v) is 7.64. The van der Waals surface area contributed by atoms with Crippen LogP contribution in [0.4, 0.5) is 0 Å². The van der Waals surface area contributed by atoms with Gasteiger partial charge in [0.1, 0.15) is 11.1 Å². The van der Waals surface area contributed by atoms with Gasteiger partial charge in [0.25, 0.3) is 5.91 Å². The Morgan fingerprint density at radius 1 is 1.04 bits per heavy atom. The second-order valence-electron chi connectivity index (χ2n) is 7.64. The van der Waals surface area contributed by atoms with Crippen molar-refractivity contribution in [2.24, 2.45) is 0 Å². The summed E-state index contributed by atoms with van der Waals surface area (Å²) >= 11 is 0. The van der Waals surface area contributed by atoms with Crippen molar-refractivity contribution < 1.29 is 13.6 Å². The van der Waals surface area contributed by atoms with Gasteiger partial charge in [0.2, 0.25) is 0 Å². The number of piperidine rings is 1. The molecule has 0 spiro atoms. The SMILES string of the molecule is Cc1ccc2oc(C(=O)N3CCC(c4nc5ccccc5o4)CC3)c(C)c2c1. The second kappa shape index (κ2) is 6.51. The van der Waals surface area contributed by atoms with E-state index >= 15 is 0 Å². The number of carbonyl (C=O) groups is 1. The average molecular weight is 374 g/mol. The molecule has 1 fully saturated rings. The minimum atomic E-state index is -0.0256. The van der Waals surface area contributed by atoms with Crippen molar-refractivity contribution in [1.82, 2.24) is 9.88 Å². The number of amides is 1. The number of furan rings is 1. The van der Waals surface area contributed by atoms with Gasteiger partial charge in [0, 0.05) is 30.0 Å². The number of rotatable bonds is 2. The van der Waals surface area contributed by atoms with Crippen molar-refractivity contribution in [2.45, 2.75) is 32.6 Å². The molecule has 1 amide bonds. The average Bonchev–Trinajstić information content (AvgIpc) is 3.29. The Morgan fingerprint density at radius 2 is 1.82 bits per heavy atom. The molecule has 3 heterocycles. The van der Waals surface area contributed by atoms with E-state index < -0.39 is 0 Å². The summed E-state index contributed by atoms with van der Waals surface area (Å²) in [6.07, 6.45) is 1.69. The topological polar surface area (TPSA) is 59.5 Å². The summed E-state index contributed by atoms with van der Waals surface area (Å²) in [5, 5.41) is 1.02. The molecule has 28 heavy (non-hydrogen) atoms. The Balaban J connectivity index is 1.34. The van der Waals surface area contributed by atoms with Gasteiger partial charge >= 0.3 is 0 Å². The molecule has 2 aromatic heterocycles. The third-order valence-corrected chi connectivity index (χ3v) is 5.73. The highest BCUT2D eigenvalue weighted by molar-refractivity contribution is 5.99. The maximum Gasteiger partial charge on any atom is 0.289 e. The third-order valence-electron chi connectivity index (χ3n) is 5.73. The van der Waals surface area contributed by atoms with Crippen molar-refractivity contribution in [1.29, 1.82) is 0 Å². The number of para-hydroxylation sites is 2. The minimum Gasteiger partial charge on any atom is -0.451 e. The number of carbonyl (C=O) groups excluding carboxylic acids is 1. The van der Waals surface area contributed by atoms with Crippen molar-refractivity contribution >= 4 is 28.0 Å². The number of aromatic nitrogens is 1. The molecule has 142 valence electrons. The van der Waals surface area contributed by atoms with E-state index in [9.17, 15) is 4.79 Å². The van der Waals surface area contributed by atoms with Crippen LogP contribution in [0.2, 0.25) is 0 Å². The first kappa shape index (κ1) is 17.0. The predicted molar refractivity (Wildman–Crippen MR) is 108 cm³/mol. The van der Waals surface area contributed by atoms with Crippen LogP contribution in [0.25, 0.3) is 22.1 Å². The lowest BCUT2D eigenvalue weighted by molar-refractivity contribution is 0.0676. The number of fused-ring (bicyclic) bond motifs is 2. The molecular weight excluding hydrogens is 352 g/mol. The lowest BCUT2D eigenvalue weighted by Gasteiger charge is -2.30. The number of hydrogen-bond acceptors (Lipinski definition) is 4. The smallest absolute Gasteiger partial charge is 0.289 e. The normalized spacial score (nSPS) is 15.6. The van der Waals surface area contributed by atoms with Crippen molar-refractivity contribution in [3.05, 3.63) is 65.2 Å². The van der Waals surface area contributed by atoms with Gasteiger partial charge in [-0.05, 0) is 51.0 Å². The first-order valence-electron chi connectivity index (χ1n) is 9.74. The van der Waals surface area contributed by atoms with E-state index in [1.165, 1.54) is 0 Å². The van der Waals surface area contributed by atoms with Gasteiger partial charge in [-0.1, -0.05) is 23.8 Å². The molecule has 1 aliphatic rings. The number of nitrogens with zero attached hydrogens (tertiary/aromatic N) is 2. The van der Waals surface area contributed by atoms with Crippen LogP contribution in [0.3, 0.4) is 0 Å². The monoisotopic (exact) mass is 374 g/mol. The van der Waals surface area contributed by atoms with Crippen LogP contribution in [0.1, 0.15) is 46.3 Å². The molecule has 0 unspecified atom stereocenters. The molecule has 0 atom stereocenters. The van der Waals surface area contributed by atoms with E-state index in [0.29, 0.717) is 18.8 Å². The van der Waals surface area contributed by atoms with Crippen molar-refractivity contribution in [3.63, 3.8) is 0 Å². The van der Waals surface area contributed by atoms with Crippen LogP contribution in [-0.2, 0) is 0 Å².